The lowest BCUT2D eigenvalue weighted by Gasteiger charge is -2.32. The normalized spacial score (nSPS) is 23.6. The van der Waals surface area contributed by atoms with Crippen LogP contribution in [0.25, 0.3) is 0 Å². The number of nitrogens with one attached hydrogen (secondary N) is 1. The SMILES string of the molecule is C[C@H]1Cc2cc(S(=O)(=O)N[C@@H]3CCCc4ccccc43)ccc2N1C(=O)C1CCC1. The number of sulfonamides is 1. The standard InChI is InChI=1S/C24H28N2O3S/c1-16-14-19-15-20(12-13-23(19)26(16)24(27)18-8-4-9-18)30(28,29)25-22-11-5-7-17-6-2-3-10-21(17)22/h2-3,6,10,12-13,15-16,18,22,25H,4-5,7-9,11,14H2,1H3/t16-,22+/m0/s1. The van der Waals surface area contributed by atoms with Crippen LogP contribution >= 0.6 is 0 Å². The van der Waals surface area contributed by atoms with E-state index in [1.54, 1.807) is 12.1 Å². The molecule has 158 valence electrons. The smallest absolute Gasteiger partial charge is 0.241 e. The van der Waals surface area contributed by atoms with Gasteiger partial charge in [-0.1, -0.05) is 30.7 Å². The Morgan fingerprint density at radius 3 is 2.60 bits per heavy atom. The minimum absolute atomic E-state index is 0.0734. The van der Waals surface area contributed by atoms with Gasteiger partial charge in [-0.05, 0) is 80.3 Å². The van der Waals surface area contributed by atoms with Gasteiger partial charge in [-0.2, -0.15) is 0 Å². The van der Waals surface area contributed by atoms with E-state index < -0.39 is 10.0 Å². The second-order valence-corrected chi connectivity index (χ2v) is 10.7. The van der Waals surface area contributed by atoms with E-state index in [0.29, 0.717) is 6.42 Å². The molecule has 6 heteroatoms. The van der Waals surface area contributed by atoms with Crippen molar-refractivity contribution in [2.45, 2.75) is 68.8 Å². The zero-order valence-corrected chi connectivity index (χ0v) is 18.1. The van der Waals surface area contributed by atoms with Crippen molar-refractivity contribution in [1.82, 2.24) is 4.72 Å². The third-order valence-electron chi connectivity index (χ3n) is 6.94. The van der Waals surface area contributed by atoms with Gasteiger partial charge in [0.05, 0.1) is 4.90 Å². The van der Waals surface area contributed by atoms with Gasteiger partial charge < -0.3 is 4.90 Å². The van der Waals surface area contributed by atoms with Crippen LogP contribution < -0.4 is 9.62 Å². The van der Waals surface area contributed by atoms with E-state index in [1.165, 1.54) is 5.56 Å². The highest BCUT2D eigenvalue weighted by atomic mass is 32.2. The number of benzene rings is 2. The summed E-state index contributed by atoms with van der Waals surface area (Å²) in [6.45, 7) is 2.04. The summed E-state index contributed by atoms with van der Waals surface area (Å²) in [5.74, 6) is 0.329. The number of rotatable bonds is 4. The summed E-state index contributed by atoms with van der Waals surface area (Å²) in [7, 11) is -3.64. The average molecular weight is 425 g/mol. The Bertz CT molecular complexity index is 1090. The molecule has 1 amide bonds. The maximum absolute atomic E-state index is 13.2. The molecule has 1 fully saturated rings. The van der Waals surface area contributed by atoms with Gasteiger partial charge in [0.2, 0.25) is 15.9 Å². The number of amides is 1. The van der Waals surface area contributed by atoms with Crippen LogP contribution in [0.15, 0.2) is 47.4 Å². The molecule has 2 aromatic rings. The quantitative estimate of drug-likeness (QED) is 0.803. The van der Waals surface area contributed by atoms with Gasteiger partial charge in [-0.25, -0.2) is 13.1 Å². The number of fused-ring (bicyclic) bond motifs is 2. The lowest BCUT2D eigenvalue weighted by Crippen LogP contribution is -2.42. The molecule has 5 nitrogen and oxygen atoms in total. The molecule has 3 aliphatic rings. The molecule has 5 rings (SSSR count). The molecule has 1 saturated carbocycles. The number of carbonyl (C=O) groups is 1. The molecular weight excluding hydrogens is 396 g/mol. The van der Waals surface area contributed by atoms with E-state index in [4.69, 9.17) is 0 Å². The second kappa shape index (κ2) is 7.50. The van der Waals surface area contributed by atoms with E-state index in [1.807, 2.05) is 36.1 Å². The lowest BCUT2D eigenvalue weighted by atomic mass is 9.84. The minimum atomic E-state index is -3.64. The van der Waals surface area contributed by atoms with Gasteiger partial charge in [0, 0.05) is 23.7 Å². The fourth-order valence-corrected chi connectivity index (χ4v) is 6.39. The molecule has 0 saturated heterocycles. The first kappa shape index (κ1) is 19.8. The maximum atomic E-state index is 13.2. The summed E-state index contributed by atoms with van der Waals surface area (Å²) >= 11 is 0. The number of carbonyl (C=O) groups excluding carboxylic acids is 1. The zero-order valence-electron chi connectivity index (χ0n) is 17.3. The molecule has 2 aromatic carbocycles. The Balaban J connectivity index is 1.40. The molecule has 1 N–H and O–H groups in total. The number of hydrogen-bond acceptors (Lipinski definition) is 3. The van der Waals surface area contributed by atoms with Gasteiger partial charge in [-0.3, -0.25) is 4.79 Å². The van der Waals surface area contributed by atoms with E-state index in [0.717, 1.165) is 55.3 Å². The van der Waals surface area contributed by atoms with Gasteiger partial charge in [0.25, 0.3) is 0 Å². The molecule has 0 aromatic heterocycles. The first-order chi connectivity index (χ1) is 14.4. The Labute approximate surface area is 178 Å². The number of hydrogen-bond donors (Lipinski definition) is 1. The van der Waals surface area contributed by atoms with E-state index in [9.17, 15) is 13.2 Å². The first-order valence-corrected chi connectivity index (χ1v) is 12.5. The molecule has 0 unspecified atom stereocenters. The van der Waals surface area contributed by atoms with Gasteiger partial charge in [0.1, 0.15) is 0 Å². The van der Waals surface area contributed by atoms with Crippen molar-refractivity contribution in [3.8, 4) is 0 Å². The van der Waals surface area contributed by atoms with Crippen LogP contribution in [0, 0.1) is 5.92 Å². The first-order valence-electron chi connectivity index (χ1n) is 11.0. The Morgan fingerprint density at radius 2 is 1.83 bits per heavy atom. The monoisotopic (exact) mass is 424 g/mol. The average Bonchev–Trinajstić information content (AvgIpc) is 3.01. The van der Waals surface area contributed by atoms with Gasteiger partial charge in [-0.15, -0.1) is 0 Å². The fourth-order valence-electron chi connectivity index (χ4n) is 5.09. The van der Waals surface area contributed by atoms with Gasteiger partial charge >= 0.3 is 0 Å². The van der Waals surface area contributed by atoms with Crippen molar-refractivity contribution < 1.29 is 13.2 Å². The van der Waals surface area contributed by atoms with Crippen LogP contribution in [0.2, 0.25) is 0 Å². The summed E-state index contributed by atoms with van der Waals surface area (Å²) in [6.07, 6.45) is 6.54. The molecule has 2 atom stereocenters. The predicted molar refractivity (Wildman–Crippen MR) is 117 cm³/mol. The van der Waals surface area contributed by atoms with Crippen molar-refractivity contribution in [1.29, 1.82) is 0 Å². The van der Waals surface area contributed by atoms with Crippen LogP contribution in [0.3, 0.4) is 0 Å². The van der Waals surface area contributed by atoms with Crippen molar-refractivity contribution in [2.24, 2.45) is 5.92 Å². The summed E-state index contributed by atoms with van der Waals surface area (Å²) in [6, 6.07) is 13.2. The zero-order chi connectivity index (χ0) is 20.9. The maximum Gasteiger partial charge on any atom is 0.241 e. The largest absolute Gasteiger partial charge is 0.309 e. The Hall–Kier alpha value is -2.18. The minimum Gasteiger partial charge on any atom is -0.309 e. The molecule has 30 heavy (non-hydrogen) atoms. The highest BCUT2D eigenvalue weighted by Crippen LogP contribution is 2.38. The summed E-state index contributed by atoms with van der Waals surface area (Å²) in [5.41, 5.74) is 4.13. The van der Waals surface area contributed by atoms with Gasteiger partial charge in [0.15, 0.2) is 0 Å². The second-order valence-electron chi connectivity index (χ2n) is 8.94. The van der Waals surface area contributed by atoms with E-state index in [2.05, 4.69) is 10.8 Å². The summed E-state index contributed by atoms with van der Waals surface area (Å²) < 4.78 is 29.3. The molecule has 1 aliphatic heterocycles. The molecule has 1 heterocycles. The third-order valence-corrected chi connectivity index (χ3v) is 8.40. The molecule has 0 radical (unpaired) electrons. The van der Waals surface area contributed by atoms with Crippen molar-refractivity contribution in [3.05, 3.63) is 59.2 Å². The highest BCUT2D eigenvalue weighted by molar-refractivity contribution is 7.89. The topological polar surface area (TPSA) is 66.5 Å². The molecule has 0 bridgehead atoms. The molecular formula is C24H28N2O3S. The van der Waals surface area contributed by atoms with Crippen molar-refractivity contribution in [3.63, 3.8) is 0 Å². The summed E-state index contributed by atoms with van der Waals surface area (Å²) in [5, 5.41) is 0. The lowest BCUT2D eigenvalue weighted by molar-refractivity contribution is -0.125. The van der Waals surface area contributed by atoms with Crippen LogP contribution in [-0.4, -0.2) is 20.4 Å². The van der Waals surface area contributed by atoms with Crippen molar-refractivity contribution >= 4 is 21.6 Å². The van der Waals surface area contributed by atoms with Crippen LogP contribution in [0.1, 0.15) is 61.8 Å². The fraction of sp³-hybridized carbons (Fsp3) is 0.458. The van der Waals surface area contributed by atoms with Crippen molar-refractivity contribution in [2.75, 3.05) is 4.90 Å². The number of nitrogens with zero attached hydrogens (tertiary/aromatic N) is 1. The number of aryl methyl sites for hydroxylation is 1. The summed E-state index contributed by atoms with van der Waals surface area (Å²) in [4.78, 5) is 15.0. The van der Waals surface area contributed by atoms with Crippen LogP contribution in [-0.2, 0) is 27.7 Å². The number of anilines is 1. The third kappa shape index (κ3) is 3.36. The Morgan fingerprint density at radius 1 is 1.03 bits per heavy atom. The van der Waals surface area contributed by atoms with E-state index >= 15 is 0 Å². The van der Waals surface area contributed by atoms with Crippen LogP contribution in [0.5, 0.6) is 0 Å². The predicted octanol–water partition coefficient (Wildman–Crippen LogP) is 4.12. The highest BCUT2D eigenvalue weighted by Gasteiger charge is 2.37. The molecule has 0 spiro atoms. The Kier molecular flexibility index (Phi) is 4.94. The van der Waals surface area contributed by atoms with E-state index in [-0.39, 0.29) is 28.8 Å². The van der Waals surface area contributed by atoms with Crippen LogP contribution in [0.4, 0.5) is 5.69 Å². The molecule has 2 aliphatic carbocycles.